The van der Waals surface area contributed by atoms with Crippen LogP contribution in [-0.4, -0.2) is 24.0 Å². The number of nitrogens with zero attached hydrogens (tertiary/aromatic N) is 3. The van der Waals surface area contributed by atoms with Crippen molar-refractivity contribution in [1.29, 1.82) is 0 Å². The summed E-state index contributed by atoms with van der Waals surface area (Å²) in [6.45, 7) is 0. The lowest BCUT2D eigenvalue weighted by atomic mass is 10.1. The van der Waals surface area contributed by atoms with Crippen LogP contribution in [0.1, 0.15) is 5.56 Å². The highest BCUT2D eigenvalue weighted by molar-refractivity contribution is 8.19. The second kappa shape index (κ2) is 7.31. The fourth-order valence-electron chi connectivity index (χ4n) is 3.61. The lowest BCUT2D eigenvalue weighted by Gasteiger charge is -2.15. The zero-order chi connectivity index (χ0) is 20.7. The number of likely N-dealkylation sites (N-methyl/N-ethyl adjacent to an activating group) is 1. The summed E-state index contributed by atoms with van der Waals surface area (Å²) in [5.74, 6) is -0.421. The second-order valence-corrected chi connectivity index (χ2v) is 7.87. The molecule has 6 heteroatoms. The SMILES string of the molecule is CN1C(=O)/C(=C2/SC(=Nc3ccccc3)N(c3ccccc3)C2=O)c2ccccc21. The summed E-state index contributed by atoms with van der Waals surface area (Å²) >= 11 is 1.24. The summed E-state index contributed by atoms with van der Waals surface area (Å²) in [4.78, 5) is 34.9. The third-order valence-corrected chi connectivity index (χ3v) is 6.10. The van der Waals surface area contributed by atoms with E-state index in [1.807, 2.05) is 84.9 Å². The maximum atomic E-state index is 13.6. The minimum atomic E-state index is -0.241. The molecule has 2 aliphatic rings. The zero-order valence-corrected chi connectivity index (χ0v) is 17.0. The lowest BCUT2D eigenvalue weighted by molar-refractivity contribution is -0.115. The van der Waals surface area contributed by atoms with E-state index < -0.39 is 0 Å². The number of benzene rings is 3. The molecule has 146 valence electrons. The van der Waals surface area contributed by atoms with E-state index in [0.29, 0.717) is 21.3 Å². The third kappa shape index (κ3) is 2.93. The molecular formula is C24H17N3O2S. The molecule has 0 spiro atoms. The zero-order valence-electron chi connectivity index (χ0n) is 16.1. The molecule has 0 aromatic heterocycles. The van der Waals surface area contributed by atoms with Crippen molar-refractivity contribution >= 4 is 51.4 Å². The Hall–Kier alpha value is -3.64. The van der Waals surface area contributed by atoms with Crippen molar-refractivity contribution in [2.75, 3.05) is 16.8 Å². The van der Waals surface area contributed by atoms with Crippen molar-refractivity contribution in [2.45, 2.75) is 0 Å². The monoisotopic (exact) mass is 411 g/mol. The Balaban J connectivity index is 1.69. The Labute approximate surface area is 178 Å². The number of thioether (sulfide) groups is 1. The molecule has 0 N–H and O–H groups in total. The molecule has 2 heterocycles. The summed E-state index contributed by atoms with van der Waals surface area (Å²) < 4.78 is 0. The van der Waals surface area contributed by atoms with Crippen LogP contribution < -0.4 is 9.80 Å². The Kier molecular flexibility index (Phi) is 4.48. The maximum Gasteiger partial charge on any atom is 0.272 e. The largest absolute Gasteiger partial charge is 0.311 e. The molecule has 5 rings (SSSR count). The van der Waals surface area contributed by atoms with Gasteiger partial charge in [-0.2, -0.15) is 0 Å². The number of amidine groups is 1. The van der Waals surface area contributed by atoms with Crippen LogP contribution in [0.4, 0.5) is 17.1 Å². The van der Waals surface area contributed by atoms with Crippen molar-refractivity contribution in [3.8, 4) is 0 Å². The standard InChI is InChI=1S/C24H17N3O2S/c1-26-19-15-9-8-14-18(19)20(22(26)28)21-23(29)27(17-12-6-3-7-13-17)24(30-21)25-16-10-4-2-5-11-16/h2-15H,1H3/b21-20+,25-24?. The van der Waals surface area contributed by atoms with E-state index in [-0.39, 0.29) is 11.8 Å². The lowest BCUT2D eigenvalue weighted by Crippen LogP contribution is -2.29. The van der Waals surface area contributed by atoms with Gasteiger partial charge in [-0.15, -0.1) is 0 Å². The van der Waals surface area contributed by atoms with Crippen molar-refractivity contribution < 1.29 is 9.59 Å². The average Bonchev–Trinajstić information content (AvgIpc) is 3.23. The number of carbonyl (C=O) groups excluding carboxylic acids is 2. The highest BCUT2D eigenvalue weighted by Crippen LogP contribution is 2.45. The first-order chi connectivity index (χ1) is 14.6. The van der Waals surface area contributed by atoms with Crippen LogP contribution in [0.2, 0.25) is 0 Å². The molecule has 30 heavy (non-hydrogen) atoms. The van der Waals surface area contributed by atoms with Gasteiger partial charge in [0.15, 0.2) is 5.17 Å². The molecule has 0 atom stereocenters. The van der Waals surface area contributed by atoms with E-state index >= 15 is 0 Å². The van der Waals surface area contributed by atoms with E-state index in [1.165, 1.54) is 11.8 Å². The van der Waals surface area contributed by atoms with Gasteiger partial charge in [0, 0.05) is 12.6 Å². The fourth-order valence-corrected chi connectivity index (χ4v) is 4.70. The van der Waals surface area contributed by atoms with Crippen LogP contribution >= 0.6 is 11.8 Å². The third-order valence-electron chi connectivity index (χ3n) is 5.06. The van der Waals surface area contributed by atoms with Crippen LogP contribution in [0, 0.1) is 0 Å². The number of aliphatic imine (C=N–C) groups is 1. The number of hydrogen-bond donors (Lipinski definition) is 0. The molecule has 0 bridgehead atoms. The molecule has 0 radical (unpaired) electrons. The van der Waals surface area contributed by atoms with Gasteiger partial charge in [0.25, 0.3) is 11.8 Å². The van der Waals surface area contributed by atoms with Gasteiger partial charge < -0.3 is 4.90 Å². The topological polar surface area (TPSA) is 53.0 Å². The molecule has 2 amide bonds. The minimum absolute atomic E-state index is 0.180. The van der Waals surface area contributed by atoms with Crippen molar-refractivity contribution in [3.63, 3.8) is 0 Å². The molecule has 1 fully saturated rings. The average molecular weight is 411 g/mol. The van der Waals surface area contributed by atoms with Gasteiger partial charge in [-0.3, -0.25) is 14.5 Å². The number of carbonyl (C=O) groups is 2. The number of para-hydroxylation sites is 3. The highest BCUT2D eigenvalue weighted by atomic mass is 32.2. The van der Waals surface area contributed by atoms with Crippen molar-refractivity contribution in [1.82, 2.24) is 0 Å². The molecular weight excluding hydrogens is 394 g/mol. The van der Waals surface area contributed by atoms with Crippen LogP contribution in [0.5, 0.6) is 0 Å². The van der Waals surface area contributed by atoms with Crippen LogP contribution in [0.3, 0.4) is 0 Å². The first kappa shape index (κ1) is 18.4. The summed E-state index contributed by atoms with van der Waals surface area (Å²) in [6.07, 6.45) is 0. The Morgan fingerprint density at radius 3 is 2.13 bits per heavy atom. The van der Waals surface area contributed by atoms with Gasteiger partial charge in [-0.25, -0.2) is 4.99 Å². The van der Waals surface area contributed by atoms with Gasteiger partial charge in [0.05, 0.1) is 27.5 Å². The molecule has 0 aliphatic carbocycles. The molecule has 3 aromatic carbocycles. The van der Waals surface area contributed by atoms with E-state index in [0.717, 1.165) is 16.9 Å². The molecule has 5 nitrogen and oxygen atoms in total. The normalized spacial score (nSPS) is 19.7. The number of rotatable bonds is 2. The van der Waals surface area contributed by atoms with Gasteiger partial charge >= 0.3 is 0 Å². The first-order valence-corrected chi connectivity index (χ1v) is 10.3. The molecule has 2 aliphatic heterocycles. The number of anilines is 2. The highest BCUT2D eigenvalue weighted by Gasteiger charge is 2.42. The number of amides is 2. The van der Waals surface area contributed by atoms with Gasteiger partial charge in [0.2, 0.25) is 0 Å². The van der Waals surface area contributed by atoms with Crippen LogP contribution in [0.15, 0.2) is 94.8 Å². The van der Waals surface area contributed by atoms with E-state index in [9.17, 15) is 9.59 Å². The smallest absolute Gasteiger partial charge is 0.272 e. The van der Waals surface area contributed by atoms with E-state index in [2.05, 4.69) is 0 Å². The van der Waals surface area contributed by atoms with Crippen LogP contribution in [0.25, 0.3) is 5.57 Å². The molecule has 3 aromatic rings. The second-order valence-electron chi connectivity index (χ2n) is 6.89. The Morgan fingerprint density at radius 1 is 0.767 bits per heavy atom. The first-order valence-electron chi connectivity index (χ1n) is 9.48. The maximum absolute atomic E-state index is 13.6. The minimum Gasteiger partial charge on any atom is -0.311 e. The van der Waals surface area contributed by atoms with E-state index in [4.69, 9.17) is 4.99 Å². The predicted octanol–water partition coefficient (Wildman–Crippen LogP) is 4.84. The molecule has 0 unspecified atom stereocenters. The summed E-state index contributed by atoms with van der Waals surface area (Å²) in [7, 11) is 1.73. The van der Waals surface area contributed by atoms with Gasteiger partial charge in [-0.1, -0.05) is 54.6 Å². The quantitative estimate of drug-likeness (QED) is 0.567. The Morgan fingerprint density at radius 2 is 1.40 bits per heavy atom. The number of hydrogen-bond acceptors (Lipinski definition) is 4. The van der Waals surface area contributed by atoms with Gasteiger partial charge in [-0.05, 0) is 42.1 Å². The predicted molar refractivity (Wildman–Crippen MR) is 122 cm³/mol. The summed E-state index contributed by atoms with van der Waals surface area (Å²) in [5.41, 5.74) is 3.47. The van der Waals surface area contributed by atoms with Crippen LogP contribution in [-0.2, 0) is 9.59 Å². The summed E-state index contributed by atoms with van der Waals surface area (Å²) in [6, 6.07) is 26.4. The van der Waals surface area contributed by atoms with Crippen molar-refractivity contribution in [3.05, 3.63) is 95.4 Å². The molecule has 1 saturated heterocycles. The van der Waals surface area contributed by atoms with Crippen molar-refractivity contribution in [2.24, 2.45) is 4.99 Å². The van der Waals surface area contributed by atoms with Gasteiger partial charge in [0.1, 0.15) is 0 Å². The summed E-state index contributed by atoms with van der Waals surface area (Å²) in [5, 5.41) is 0.528. The molecule has 0 saturated carbocycles. The van der Waals surface area contributed by atoms with E-state index in [1.54, 1.807) is 16.8 Å². The number of fused-ring (bicyclic) bond motifs is 1. The fraction of sp³-hybridized carbons (Fsp3) is 0.0417. The Bertz CT molecular complexity index is 1220.